The molecule has 31 heavy (non-hydrogen) atoms. The van der Waals surface area contributed by atoms with Crippen molar-refractivity contribution < 1.29 is 4.84 Å². The molecule has 158 valence electrons. The fourth-order valence-electron chi connectivity index (χ4n) is 4.68. The van der Waals surface area contributed by atoms with Gasteiger partial charge >= 0.3 is 11.1 Å². The highest BCUT2D eigenvalue weighted by Gasteiger charge is 2.28. The number of hydrogen-bond donors (Lipinski definition) is 1. The van der Waals surface area contributed by atoms with E-state index in [0.29, 0.717) is 12.1 Å². The first-order chi connectivity index (χ1) is 15.0. The van der Waals surface area contributed by atoms with Crippen molar-refractivity contribution in [3.63, 3.8) is 0 Å². The molecule has 3 aromatic rings. The van der Waals surface area contributed by atoms with Crippen LogP contribution in [0.3, 0.4) is 0 Å². The van der Waals surface area contributed by atoms with E-state index in [4.69, 9.17) is 4.84 Å². The molecule has 0 amide bonds. The Hall–Kier alpha value is -3.54. The Kier molecular flexibility index (Phi) is 4.77. The van der Waals surface area contributed by atoms with Gasteiger partial charge in [-0.2, -0.15) is 0 Å². The van der Waals surface area contributed by atoms with Crippen molar-refractivity contribution in [2.45, 2.75) is 46.1 Å². The molecule has 0 bridgehead atoms. The molecule has 5 rings (SSSR count). The molecule has 2 aromatic heterocycles. The van der Waals surface area contributed by atoms with E-state index in [2.05, 4.69) is 41.6 Å². The Morgan fingerprint density at radius 2 is 1.65 bits per heavy atom. The zero-order valence-electron chi connectivity index (χ0n) is 17.8. The molecule has 1 N–H and O–H groups in total. The number of aromatic amines is 1. The maximum Gasteiger partial charge on any atom is 0.349 e. The fraction of sp³-hybridized carbons (Fsp3) is 0.280. The van der Waals surface area contributed by atoms with Crippen LogP contribution in [-0.4, -0.2) is 14.3 Å². The molecule has 6 heteroatoms. The first-order valence-corrected chi connectivity index (χ1v) is 10.7. The second-order valence-corrected chi connectivity index (χ2v) is 8.24. The number of nitrogens with zero attached hydrogens (tertiary/aromatic N) is 2. The number of aryl methyl sites for hydroxylation is 3. The third-order valence-corrected chi connectivity index (χ3v) is 6.20. The van der Waals surface area contributed by atoms with Crippen molar-refractivity contribution in [2.24, 2.45) is 0 Å². The maximum absolute atomic E-state index is 12.8. The normalized spacial score (nSPS) is 15.4. The van der Waals surface area contributed by atoms with Crippen LogP contribution in [0.5, 0.6) is 0 Å². The molecular formula is C25H25N3O3. The van der Waals surface area contributed by atoms with Crippen molar-refractivity contribution in [1.29, 1.82) is 0 Å². The summed E-state index contributed by atoms with van der Waals surface area (Å²) >= 11 is 0. The molecule has 0 atom stereocenters. The summed E-state index contributed by atoms with van der Waals surface area (Å²) < 4.78 is 3.47. The van der Waals surface area contributed by atoms with Crippen LogP contribution in [-0.2, 0) is 13.0 Å². The van der Waals surface area contributed by atoms with Gasteiger partial charge in [0.15, 0.2) is 0 Å². The van der Waals surface area contributed by atoms with Crippen LogP contribution in [0.2, 0.25) is 0 Å². The van der Waals surface area contributed by atoms with E-state index in [-0.39, 0.29) is 6.61 Å². The fourth-order valence-corrected chi connectivity index (χ4v) is 4.68. The van der Waals surface area contributed by atoms with Gasteiger partial charge < -0.3 is 14.4 Å². The quantitative estimate of drug-likeness (QED) is 0.662. The van der Waals surface area contributed by atoms with Crippen LogP contribution >= 0.6 is 0 Å². The van der Waals surface area contributed by atoms with Gasteiger partial charge in [0.2, 0.25) is 0 Å². The van der Waals surface area contributed by atoms with Crippen LogP contribution in [0, 0.1) is 13.8 Å². The number of rotatable bonds is 4. The predicted molar refractivity (Wildman–Crippen MR) is 121 cm³/mol. The zero-order chi connectivity index (χ0) is 21.5. The molecular weight excluding hydrogens is 390 g/mol. The first-order valence-electron chi connectivity index (χ1n) is 10.7. The lowest BCUT2D eigenvalue weighted by Gasteiger charge is -2.29. The monoisotopic (exact) mass is 415 g/mol. The van der Waals surface area contributed by atoms with Crippen molar-refractivity contribution >= 4 is 11.3 Å². The summed E-state index contributed by atoms with van der Waals surface area (Å²) in [6.07, 6.45) is 5.62. The molecule has 0 saturated carbocycles. The highest BCUT2D eigenvalue weighted by molar-refractivity contribution is 5.84. The lowest BCUT2D eigenvalue weighted by atomic mass is 9.84. The third-order valence-electron chi connectivity index (χ3n) is 6.20. The Balaban J connectivity index is 1.63. The van der Waals surface area contributed by atoms with E-state index < -0.39 is 11.1 Å². The number of hydrogen-bond acceptors (Lipinski definition) is 3. The molecule has 0 spiro atoms. The van der Waals surface area contributed by atoms with Crippen molar-refractivity contribution in [2.75, 3.05) is 0 Å². The standard InChI is InChI=1S/C25H25N3O3/c1-16-8-9-17(2)27(16)20-12-10-19-11-13-22-23(21(19)14-20)28(25(30)24(29)26-22)31-15-18-6-4-3-5-7-18/h3-9,14H,10-13,15H2,1-2H3,(H,26,29). The van der Waals surface area contributed by atoms with Gasteiger partial charge in [-0.25, -0.2) is 0 Å². The summed E-state index contributed by atoms with van der Waals surface area (Å²) in [5, 5.41) is 0. The topological polar surface area (TPSA) is 69.0 Å². The molecule has 0 saturated heterocycles. The van der Waals surface area contributed by atoms with Crippen molar-refractivity contribution in [1.82, 2.24) is 14.3 Å². The summed E-state index contributed by atoms with van der Waals surface area (Å²) in [5.41, 5.74) is 6.91. The van der Waals surface area contributed by atoms with E-state index >= 15 is 0 Å². The number of benzene rings is 1. The van der Waals surface area contributed by atoms with Crippen molar-refractivity contribution in [3.8, 4) is 0 Å². The summed E-state index contributed by atoms with van der Waals surface area (Å²) in [7, 11) is 0. The number of nitrogens with one attached hydrogen (secondary N) is 1. The van der Waals surface area contributed by atoms with E-state index in [0.717, 1.165) is 36.1 Å². The summed E-state index contributed by atoms with van der Waals surface area (Å²) in [5.74, 6) is 0. The molecule has 2 heterocycles. The minimum absolute atomic E-state index is 0.214. The van der Waals surface area contributed by atoms with Crippen LogP contribution in [0.1, 0.15) is 47.6 Å². The molecule has 2 aliphatic carbocycles. The molecule has 6 nitrogen and oxygen atoms in total. The minimum atomic E-state index is -0.683. The predicted octanol–water partition coefficient (Wildman–Crippen LogP) is 3.62. The highest BCUT2D eigenvalue weighted by atomic mass is 16.7. The number of allylic oxidation sites excluding steroid dienone is 4. The Labute approximate surface area is 180 Å². The minimum Gasteiger partial charge on any atom is -0.405 e. The van der Waals surface area contributed by atoms with E-state index in [9.17, 15) is 9.59 Å². The van der Waals surface area contributed by atoms with E-state index in [1.54, 1.807) is 0 Å². The van der Waals surface area contributed by atoms with Crippen LogP contribution in [0.25, 0.3) is 11.3 Å². The lowest BCUT2D eigenvalue weighted by Crippen LogP contribution is -2.43. The third kappa shape index (κ3) is 3.38. The molecule has 0 aliphatic heterocycles. The van der Waals surface area contributed by atoms with E-state index in [1.165, 1.54) is 27.4 Å². The van der Waals surface area contributed by atoms with Gasteiger partial charge in [0.25, 0.3) is 0 Å². The summed E-state index contributed by atoms with van der Waals surface area (Å²) in [4.78, 5) is 33.9. The van der Waals surface area contributed by atoms with Gasteiger partial charge in [-0.1, -0.05) is 35.9 Å². The van der Waals surface area contributed by atoms with Gasteiger partial charge in [-0.05, 0) is 63.3 Å². The number of aromatic nitrogens is 3. The summed E-state index contributed by atoms with van der Waals surface area (Å²) in [6.45, 7) is 4.41. The summed E-state index contributed by atoms with van der Waals surface area (Å²) in [6, 6.07) is 13.9. The van der Waals surface area contributed by atoms with Gasteiger partial charge in [0.1, 0.15) is 12.3 Å². The van der Waals surface area contributed by atoms with Gasteiger partial charge in [0.05, 0.1) is 0 Å². The molecule has 1 aromatic carbocycles. The van der Waals surface area contributed by atoms with Crippen molar-refractivity contribution in [3.05, 3.63) is 103 Å². The average Bonchev–Trinajstić information content (AvgIpc) is 3.12. The van der Waals surface area contributed by atoms with E-state index in [1.807, 2.05) is 30.3 Å². The molecule has 0 radical (unpaired) electrons. The van der Waals surface area contributed by atoms with Gasteiger partial charge in [-0.3, -0.25) is 9.59 Å². The van der Waals surface area contributed by atoms with Crippen LogP contribution < -0.4 is 16.0 Å². The second-order valence-electron chi connectivity index (χ2n) is 8.24. The second kappa shape index (κ2) is 7.61. The van der Waals surface area contributed by atoms with Crippen LogP contribution in [0.4, 0.5) is 0 Å². The van der Waals surface area contributed by atoms with Gasteiger partial charge in [-0.15, -0.1) is 4.73 Å². The smallest absolute Gasteiger partial charge is 0.349 e. The Morgan fingerprint density at radius 1 is 0.935 bits per heavy atom. The number of fused-ring (bicyclic) bond motifs is 2. The molecule has 2 aliphatic rings. The first kappa shape index (κ1) is 19.4. The lowest BCUT2D eigenvalue weighted by molar-refractivity contribution is 0.0847. The van der Waals surface area contributed by atoms with Gasteiger partial charge in [0, 0.05) is 28.4 Å². The average molecular weight is 415 g/mol. The zero-order valence-corrected chi connectivity index (χ0v) is 17.8. The Bertz CT molecular complexity index is 1320. The number of H-pyrrole nitrogens is 1. The highest BCUT2D eigenvalue weighted by Crippen LogP contribution is 2.39. The SMILES string of the molecule is Cc1ccc(C)n1C1=CC2=C(CC1)CCc1[nH]c(=O)c(=O)n(OCc3ccccc3)c12. The maximum atomic E-state index is 12.8. The largest absolute Gasteiger partial charge is 0.405 e. The molecule has 0 fully saturated rings. The van der Waals surface area contributed by atoms with Crippen LogP contribution in [0.15, 0.2) is 63.7 Å². The Morgan fingerprint density at radius 3 is 2.39 bits per heavy atom. The molecule has 0 unspecified atom stereocenters.